The fraction of sp³-hybridized carbons (Fsp3) is 0.214. The number of aryl methyl sites for hydroxylation is 1. The van der Waals surface area contributed by atoms with E-state index in [1.807, 2.05) is 18.2 Å². The Morgan fingerprint density at radius 1 is 1.37 bits per heavy atom. The number of benzene rings is 1. The van der Waals surface area contributed by atoms with E-state index < -0.39 is 0 Å². The second kappa shape index (κ2) is 6.32. The zero-order valence-electron chi connectivity index (χ0n) is 10.6. The van der Waals surface area contributed by atoms with Crippen molar-refractivity contribution in [3.05, 3.63) is 55.7 Å². The Bertz CT molecular complexity index is 575. The summed E-state index contributed by atoms with van der Waals surface area (Å²) in [5, 5.41) is 3.36. The monoisotopic (exact) mass is 338 g/mol. The minimum absolute atomic E-state index is 0.389. The molecule has 3 N–H and O–H groups in total. The third kappa shape index (κ3) is 3.89. The first-order valence-corrected chi connectivity index (χ1v) is 7.51. The molecule has 0 unspecified atom stereocenters. The molecule has 2 aromatic rings. The molecule has 5 heteroatoms. The van der Waals surface area contributed by atoms with Gasteiger partial charge in [-0.1, -0.05) is 12.1 Å². The number of thiophene rings is 1. The number of rotatable bonds is 5. The number of carbonyl (C=O) groups is 1. The average Bonchev–Trinajstić information content (AvgIpc) is 2.69. The standard InChI is InChI=1S/C14H15BrN2OS/c1-9-13(15)6-12(19-9)8-17-7-10-3-2-4-11(5-10)14(16)18/h2-6,17H,7-8H2,1H3,(H2,16,18). The topological polar surface area (TPSA) is 55.1 Å². The minimum Gasteiger partial charge on any atom is -0.366 e. The van der Waals surface area contributed by atoms with Crippen LogP contribution in [-0.4, -0.2) is 5.91 Å². The lowest BCUT2D eigenvalue weighted by atomic mass is 10.1. The third-order valence-corrected chi connectivity index (χ3v) is 4.88. The maximum atomic E-state index is 11.1. The van der Waals surface area contributed by atoms with E-state index in [0.29, 0.717) is 5.56 Å². The number of nitrogens with two attached hydrogens (primary N) is 1. The summed E-state index contributed by atoms with van der Waals surface area (Å²) in [6, 6.07) is 9.52. The molecule has 0 radical (unpaired) electrons. The molecule has 1 aromatic carbocycles. The lowest BCUT2D eigenvalue weighted by Crippen LogP contribution is -2.14. The van der Waals surface area contributed by atoms with Crippen LogP contribution in [0.15, 0.2) is 34.8 Å². The fourth-order valence-electron chi connectivity index (χ4n) is 1.77. The van der Waals surface area contributed by atoms with Gasteiger partial charge in [0.2, 0.25) is 5.91 Å². The third-order valence-electron chi connectivity index (χ3n) is 2.75. The molecule has 0 saturated heterocycles. The molecule has 0 aliphatic heterocycles. The van der Waals surface area contributed by atoms with Gasteiger partial charge in [-0.3, -0.25) is 4.79 Å². The molecule has 0 aliphatic rings. The summed E-state index contributed by atoms with van der Waals surface area (Å²) >= 11 is 5.28. The summed E-state index contributed by atoms with van der Waals surface area (Å²) in [5.41, 5.74) is 6.87. The number of hydrogen-bond acceptors (Lipinski definition) is 3. The molecular formula is C14H15BrN2OS. The predicted octanol–water partition coefficient (Wildman–Crippen LogP) is 3.21. The van der Waals surface area contributed by atoms with Gasteiger partial charge in [0.15, 0.2) is 0 Å². The summed E-state index contributed by atoms with van der Waals surface area (Å²) in [7, 11) is 0. The number of nitrogens with one attached hydrogen (secondary N) is 1. The molecule has 19 heavy (non-hydrogen) atoms. The van der Waals surface area contributed by atoms with Gasteiger partial charge in [-0.2, -0.15) is 0 Å². The Labute approximate surface area is 125 Å². The van der Waals surface area contributed by atoms with E-state index in [1.165, 1.54) is 9.75 Å². The van der Waals surface area contributed by atoms with Crippen molar-refractivity contribution >= 4 is 33.2 Å². The molecule has 0 bridgehead atoms. The molecule has 0 saturated carbocycles. The maximum absolute atomic E-state index is 11.1. The highest BCUT2D eigenvalue weighted by atomic mass is 79.9. The highest BCUT2D eigenvalue weighted by molar-refractivity contribution is 9.10. The van der Waals surface area contributed by atoms with E-state index >= 15 is 0 Å². The van der Waals surface area contributed by atoms with Gasteiger partial charge in [-0.05, 0) is 46.6 Å². The zero-order chi connectivity index (χ0) is 13.8. The molecule has 0 aliphatic carbocycles. The van der Waals surface area contributed by atoms with Crippen LogP contribution >= 0.6 is 27.3 Å². The summed E-state index contributed by atoms with van der Waals surface area (Å²) in [6.07, 6.45) is 0. The van der Waals surface area contributed by atoms with Crippen molar-refractivity contribution in [1.82, 2.24) is 5.32 Å². The van der Waals surface area contributed by atoms with Crippen molar-refractivity contribution in [1.29, 1.82) is 0 Å². The molecule has 100 valence electrons. The Balaban J connectivity index is 1.92. The van der Waals surface area contributed by atoms with Crippen molar-refractivity contribution in [2.45, 2.75) is 20.0 Å². The minimum atomic E-state index is -0.389. The largest absolute Gasteiger partial charge is 0.366 e. The highest BCUT2D eigenvalue weighted by Crippen LogP contribution is 2.26. The second-order valence-corrected chi connectivity index (χ2v) is 6.48. The Morgan fingerprint density at radius 2 is 2.16 bits per heavy atom. The van der Waals surface area contributed by atoms with Crippen molar-refractivity contribution in [3.8, 4) is 0 Å². The first-order chi connectivity index (χ1) is 9.06. The van der Waals surface area contributed by atoms with E-state index in [1.54, 1.807) is 17.4 Å². The lowest BCUT2D eigenvalue weighted by molar-refractivity contribution is 0.1000. The first-order valence-electron chi connectivity index (χ1n) is 5.90. The predicted molar refractivity (Wildman–Crippen MR) is 82.3 cm³/mol. The summed E-state index contributed by atoms with van der Waals surface area (Å²) in [6.45, 7) is 3.63. The highest BCUT2D eigenvalue weighted by Gasteiger charge is 2.03. The number of carbonyl (C=O) groups excluding carboxylic acids is 1. The molecule has 1 amide bonds. The van der Waals surface area contributed by atoms with E-state index in [4.69, 9.17) is 5.73 Å². The van der Waals surface area contributed by atoms with Crippen LogP contribution < -0.4 is 11.1 Å². The first kappa shape index (κ1) is 14.2. The van der Waals surface area contributed by atoms with Gasteiger partial charge >= 0.3 is 0 Å². The molecule has 2 rings (SSSR count). The van der Waals surface area contributed by atoms with Crippen LogP contribution in [0.2, 0.25) is 0 Å². The van der Waals surface area contributed by atoms with Gasteiger partial charge in [0.25, 0.3) is 0 Å². The van der Waals surface area contributed by atoms with Gasteiger partial charge in [0, 0.05) is 32.9 Å². The molecule has 3 nitrogen and oxygen atoms in total. The van der Waals surface area contributed by atoms with E-state index in [2.05, 4.69) is 34.2 Å². The van der Waals surface area contributed by atoms with Crippen LogP contribution in [0.1, 0.15) is 25.7 Å². The molecule has 0 spiro atoms. The lowest BCUT2D eigenvalue weighted by Gasteiger charge is -2.04. The van der Waals surface area contributed by atoms with Crippen molar-refractivity contribution in [3.63, 3.8) is 0 Å². The second-order valence-electron chi connectivity index (χ2n) is 4.29. The van der Waals surface area contributed by atoms with Crippen LogP contribution in [0, 0.1) is 6.92 Å². The van der Waals surface area contributed by atoms with E-state index in [-0.39, 0.29) is 5.91 Å². The smallest absolute Gasteiger partial charge is 0.248 e. The van der Waals surface area contributed by atoms with Crippen LogP contribution in [0.3, 0.4) is 0 Å². The molecule has 0 fully saturated rings. The average molecular weight is 339 g/mol. The van der Waals surface area contributed by atoms with Crippen molar-refractivity contribution in [2.24, 2.45) is 5.73 Å². The quantitative estimate of drug-likeness (QED) is 0.879. The van der Waals surface area contributed by atoms with Crippen LogP contribution in [0.4, 0.5) is 0 Å². The number of halogens is 1. The van der Waals surface area contributed by atoms with E-state index in [0.717, 1.165) is 23.1 Å². The van der Waals surface area contributed by atoms with Gasteiger partial charge in [0.05, 0.1) is 0 Å². The molecule has 1 heterocycles. The Hall–Kier alpha value is -1.17. The van der Waals surface area contributed by atoms with Crippen LogP contribution in [0.5, 0.6) is 0 Å². The van der Waals surface area contributed by atoms with Crippen molar-refractivity contribution in [2.75, 3.05) is 0 Å². The summed E-state index contributed by atoms with van der Waals surface area (Å²) in [5.74, 6) is -0.389. The van der Waals surface area contributed by atoms with Gasteiger partial charge in [0.1, 0.15) is 0 Å². The normalized spacial score (nSPS) is 10.6. The molecular weight excluding hydrogens is 324 g/mol. The molecule has 1 aromatic heterocycles. The zero-order valence-corrected chi connectivity index (χ0v) is 13.0. The van der Waals surface area contributed by atoms with Crippen LogP contribution in [-0.2, 0) is 13.1 Å². The van der Waals surface area contributed by atoms with Crippen molar-refractivity contribution < 1.29 is 4.79 Å². The number of amides is 1. The Morgan fingerprint density at radius 3 is 2.79 bits per heavy atom. The number of hydrogen-bond donors (Lipinski definition) is 2. The van der Waals surface area contributed by atoms with Crippen LogP contribution in [0.25, 0.3) is 0 Å². The fourth-order valence-corrected chi connectivity index (χ4v) is 3.34. The molecule has 0 atom stereocenters. The van der Waals surface area contributed by atoms with E-state index in [9.17, 15) is 4.79 Å². The van der Waals surface area contributed by atoms with Gasteiger partial charge < -0.3 is 11.1 Å². The van der Waals surface area contributed by atoms with Gasteiger partial charge in [-0.25, -0.2) is 0 Å². The SMILES string of the molecule is Cc1sc(CNCc2cccc(C(N)=O)c2)cc1Br. The van der Waals surface area contributed by atoms with Gasteiger partial charge in [-0.15, -0.1) is 11.3 Å². The Kier molecular flexibility index (Phi) is 4.74. The summed E-state index contributed by atoms with van der Waals surface area (Å²) < 4.78 is 1.16. The maximum Gasteiger partial charge on any atom is 0.248 e. The number of primary amides is 1. The summed E-state index contributed by atoms with van der Waals surface area (Å²) in [4.78, 5) is 13.7.